The lowest BCUT2D eigenvalue weighted by Crippen LogP contribution is -2.22. The van der Waals surface area contributed by atoms with E-state index in [4.69, 9.17) is 4.74 Å². The van der Waals surface area contributed by atoms with E-state index in [9.17, 15) is 26.7 Å². The number of carbonyl (C=O) groups excluding carboxylic acids is 1. The molecule has 0 aliphatic rings. The van der Waals surface area contributed by atoms with Crippen LogP contribution in [0.25, 0.3) is 6.08 Å². The smallest absolute Gasteiger partial charge is 0.331 e. The lowest BCUT2D eigenvalue weighted by atomic mass is 10.1. The molecule has 0 aliphatic heterocycles. The van der Waals surface area contributed by atoms with Crippen molar-refractivity contribution in [3.63, 3.8) is 0 Å². The number of ether oxygens (including phenoxy) is 1. The van der Waals surface area contributed by atoms with E-state index in [1.165, 1.54) is 0 Å². The van der Waals surface area contributed by atoms with Gasteiger partial charge < -0.3 is 4.74 Å². The van der Waals surface area contributed by atoms with Crippen LogP contribution in [0.1, 0.15) is 26.3 Å². The van der Waals surface area contributed by atoms with Gasteiger partial charge in [0.2, 0.25) is 5.82 Å². The van der Waals surface area contributed by atoms with E-state index in [0.29, 0.717) is 12.2 Å². The van der Waals surface area contributed by atoms with Crippen LogP contribution in [0.15, 0.2) is 6.08 Å². The summed E-state index contributed by atoms with van der Waals surface area (Å²) in [6.07, 6.45) is 1.06. The largest absolute Gasteiger partial charge is 0.457 e. The highest BCUT2D eigenvalue weighted by atomic mass is 19.2. The lowest BCUT2D eigenvalue weighted by Gasteiger charge is -2.17. The standard InChI is InChI=1S/C13H11F5O2/c1-13(2,3)20-7(19)5-4-6-8(14)10(16)12(18)11(17)9(6)15/h4-5H,1-3H3/b5-4+. The summed E-state index contributed by atoms with van der Waals surface area (Å²) in [7, 11) is 0. The van der Waals surface area contributed by atoms with Crippen LogP contribution in [0.5, 0.6) is 0 Å². The second kappa shape index (κ2) is 5.60. The predicted octanol–water partition coefficient (Wildman–Crippen LogP) is 3.74. The van der Waals surface area contributed by atoms with Crippen molar-refractivity contribution in [2.45, 2.75) is 26.4 Å². The minimum Gasteiger partial charge on any atom is -0.457 e. The van der Waals surface area contributed by atoms with E-state index in [0.717, 1.165) is 0 Å². The Balaban J connectivity index is 3.14. The molecule has 2 nitrogen and oxygen atoms in total. The number of halogens is 5. The third-order valence-corrected chi connectivity index (χ3v) is 2.04. The van der Waals surface area contributed by atoms with Gasteiger partial charge in [0.15, 0.2) is 23.3 Å². The fraction of sp³-hybridized carbons (Fsp3) is 0.308. The molecule has 0 unspecified atom stereocenters. The maximum Gasteiger partial charge on any atom is 0.331 e. The van der Waals surface area contributed by atoms with Gasteiger partial charge in [0.05, 0.1) is 5.56 Å². The van der Waals surface area contributed by atoms with Crippen LogP contribution in [0.3, 0.4) is 0 Å². The van der Waals surface area contributed by atoms with Crippen LogP contribution in [0.4, 0.5) is 22.0 Å². The molecule has 0 aliphatic carbocycles. The molecule has 7 heteroatoms. The summed E-state index contributed by atoms with van der Waals surface area (Å²) in [6, 6.07) is 0. The second-order valence-electron chi connectivity index (χ2n) is 4.85. The van der Waals surface area contributed by atoms with E-state index in [2.05, 4.69) is 0 Å². The lowest BCUT2D eigenvalue weighted by molar-refractivity contribution is -0.148. The highest BCUT2D eigenvalue weighted by molar-refractivity contribution is 5.87. The van der Waals surface area contributed by atoms with Crippen molar-refractivity contribution < 1.29 is 31.5 Å². The molecule has 1 aromatic carbocycles. The average molecular weight is 294 g/mol. The molecule has 0 saturated heterocycles. The first-order valence-electron chi connectivity index (χ1n) is 5.47. The van der Waals surface area contributed by atoms with Crippen molar-refractivity contribution in [3.05, 3.63) is 40.7 Å². The molecular weight excluding hydrogens is 283 g/mol. The molecular formula is C13H11F5O2. The molecule has 0 N–H and O–H groups in total. The first-order valence-corrected chi connectivity index (χ1v) is 5.47. The first kappa shape index (κ1) is 16.1. The molecule has 0 heterocycles. The summed E-state index contributed by atoms with van der Waals surface area (Å²) in [4.78, 5) is 11.3. The van der Waals surface area contributed by atoms with Gasteiger partial charge in [0.1, 0.15) is 5.60 Å². The molecule has 0 saturated carbocycles. The highest BCUT2D eigenvalue weighted by Gasteiger charge is 2.24. The molecule has 0 aromatic heterocycles. The summed E-state index contributed by atoms with van der Waals surface area (Å²) >= 11 is 0. The zero-order chi connectivity index (χ0) is 15.7. The topological polar surface area (TPSA) is 26.3 Å². The van der Waals surface area contributed by atoms with Crippen molar-refractivity contribution in [3.8, 4) is 0 Å². The van der Waals surface area contributed by atoms with Gasteiger partial charge in [0.25, 0.3) is 0 Å². The number of hydrogen-bond acceptors (Lipinski definition) is 2. The Kier molecular flexibility index (Phi) is 4.52. The van der Waals surface area contributed by atoms with Gasteiger partial charge in [-0.3, -0.25) is 0 Å². The number of carbonyl (C=O) groups is 1. The highest BCUT2D eigenvalue weighted by Crippen LogP contribution is 2.24. The van der Waals surface area contributed by atoms with Gasteiger partial charge in [-0.1, -0.05) is 0 Å². The van der Waals surface area contributed by atoms with Gasteiger partial charge in [-0.05, 0) is 26.8 Å². The van der Waals surface area contributed by atoms with Gasteiger partial charge in [0, 0.05) is 6.08 Å². The molecule has 1 rings (SSSR count). The van der Waals surface area contributed by atoms with E-state index >= 15 is 0 Å². The van der Waals surface area contributed by atoms with E-state index in [1.54, 1.807) is 20.8 Å². The summed E-state index contributed by atoms with van der Waals surface area (Å²) < 4.78 is 69.9. The second-order valence-corrected chi connectivity index (χ2v) is 4.85. The van der Waals surface area contributed by atoms with Gasteiger partial charge in [-0.15, -0.1) is 0 Å². The molecule has 20 heavy (non-hydrogen) atoms. The van der Waals surface area contributed by atoms with Crippen molar-refractivity contribution in [2.24, 2.45) is 0 Å². The number of hydrogen-bond donors (Lipinski definition) is 0. The number of benzene rings is 1. The van der Waals surface area contributed by atoms with E-state index in [-0.39, 0.29) is 0 Å². The summed E-state index contributed by atoms with van der Waals surface area (Å²) in [5.74, 6) is -11.4. The van der Waals surface area contributed by atoms with Crippen LogP contribution in [0, 0.1) is 29.1 Å². The van der Waals surface area contributed by atoms with Crippen LogP contribution in [-0.4, -0.2) is 11.6 Å². The SMILES string of the molecule is CC(C)(C)OC(=O)/C=C/c1c(F)c(F)c(F)c(F)c1F. The number of rotatable bonds is 2. The molecule has 0 spiro atoms. The molecule has 0 radical (unpaired) electrons. The molecule has 0 bridgehead atoms. The molecule has 0 fully saturated rings. The molecule has 0 amide bonds. The third-order valence-electron chi connectivity index (χ3n) is 2.04. The van der Waals surface area contributed by atoms with Crippen molar-refractivity contribution >= 4 is 12.0 Å². The van der Waals surface area contributed by atoms with E-state index < -0.39 is 46.2 Å². The fourth-order valence-electron chi connectivity index (χ4n) is 1.26. The minimum absolute atomic E-state index is 0.477. The zero-order valence-electron chi connectivity index (χ0n) is 10.9. The Morgan fingerprint density at radius 1 is 0.900 bits per heavy atom. The van der Waals surface area contributed by atoms with Gasteiger partial charge >= 0.3 is 5.97 Å². The minimum atomic E-state index is -2.26. The predicted molar refractivity (Wildman–Crippen MR) is 61.1 cm³/mol. The summed E-state index contributed by atoms with van der Waals surface area (Å²) in [5, 5.41) is 0. The van der Waals surface area contributed by atoms with Gasteiger partial charge in [-0.25, -0.2) is 26.7 Å². The zero-order valence-corrected chi connectivity index (χ0v) is 10.9. The molecule has 110 valence electrons. The third kappa shape index (κ3) is 3.55. The van der Waals surface area contributed by atoms with Crippen molar-refractivity contribution in [1.29, 1.82) is 0 Å². The van der Waals surface area contributed by atoms with Crippen LogP contribution < -0.4 is 0 Å². The maximum absolute atomic E-state index is 13.3. The number of esters is 1. The molecule has 0 atom stereocenters. The maximum atomic E-state index is 13.3. The van der Waals surface area contributed by atoms with Crippen LogP contribution in [0.2, 0.25) is 0 Å². The summed E-state index contributed by atoms with van der Waals surface area (Å²) in [6.45, 7) is 4.66. The van der Waals surface area contributed by atoms with Gasteiger partial charge in [-0.2, -0.15) is 0 Å². The van der Waals surface area contributed by atoms with Crippen molar-refractivity contribution in [1.82, 2.24) is 0 Å². The Labute approximate surface area is 111 Å². The monoisotopic (exact) mass is 294 g/mol. The fourth-order valence-corrected chi connectivity index (χ4v) is 1.26. The van der Waals surface area contributed by atoms with Crippen LogP contribution >= 0.6 is 0 Å². The molecule has 1 aromatic rings. The average Bonchev–Trinajstić information content (AvgIpc) is 2.32. The Hall–Kier alpha value is -1.92. The normalized spacial score (nSPS) is 12.0. The van der Waals surface area contributed by atoms with Crippen LogP contribution in [-0.2, 0) is 9.53 Å². The first-order chi connectivity index (χ1) is 9.04. The van der Waals surface area contributed by atoms with Crippen molar-refractivity contribution in [2.75, 3.05) is 0 Å². The Morgan fingerprint density at radius 3 is 1.70 bits per heavy atom. The quantitative estimate of drug-likeness (QED) is 0.273. The van der Waals surface area contributed by atoms with E-state index in [1.807, 2.05) is 0 Å². The Morgan fingerprint density at radius 2 is 1.30 bits per heavy atom. The Bertz CT molecular complexity index is 544. The summed E-state index contributed by atoms with van der Waals surface area (Å²) in [5.41, 5.74) is -2.05.